The Morgan fingerprint density at radius 1 is 0.429 bits per heavy atom. The molecular formula is C37H27BO4. The first-order valence-corrected chi connectivity index (χ1v) is 14.0. The lowest BCUT2D eigenvalue weighted by molar-refractivity contribution is 0.460. The van der Waals surface area contributed by atoms with Gasteiger partial charge in [0, 0.05) is 11.5 Å². The van der Waals surface area contributed by atoms with Crippen molar-refractivity contribution in [1.29, 1.82) is 0 Å². The van der Waals surface area contributed by atoms with E-state index < -0.39 is 0 Å². The van der Waals surface area contributed by atoms with Crippen LogP contribution in [-0.4, -0.2) is 6.71 Å². The molecule has 0 N–H and O–H groups in total. The topological polar surface area (TPSA) is 36.9 Å². The second-order valence-electron chi connectivity index (χ2n) is 10.2. The van der Waals surface area contributed by atoms with Crippen LogP contribution in [0.4, 0.5) is 0 Å². The van der Waals surface area contributed by atoms with Crippen molar-refractivity contribution in [3.05, 3.63) is 151 Å². The normalized spacial score (nSPS) is 11.8. The van der Waals surface area contributed by atoms with E-state index in [2.05, 4.69) is 37.3 Å². The molecule has 6 aromatic rings. The van der Waals surface area contributed by atoms with Crippen LogP contribution in [-0.2, 0) is 0 Å². The molecule has 0 bridgehead atoms. The van der Waals surface area contributed by atoms with Crippen molar-refractivity contribution in [2.75, 3.05) is 0 Å². The molecule has 42 heavy (non-hydrogen) atoms. The van der Waals surface area contributed by atoms with Gasteiger partial charge in [0.25, 0.3) is 6.71 Å². The average molecular weight is 546 g/mol. The molecule has 4 nitrogen and oxygen atoms in total. The number of rotatable bonds is 4. The summed E-state index contributed by atoms with van der Waals surface area (Å²) in [6, 6.07) is 47.7. The Hall–Kier alpha value is -5.42. The summed E-state index contributed by atoms with van der Waals surface area (Å²) < 4.78 is 23.8. The van der Waals surface area contributed by atoms with E-state index >= 15 is 0 Å². The molecule has 0 amide bonds. The third-order valence-corrected chi connectivity index (χ3v) is 7.23. The van der Waals surface area contributed by atoms with Crippen molar-refractivity contribution in [3.63, 3.8) is 0 Å². The molecular weight excluding hydrogens is 519 g/mol. The van der Waals surface area contributed by atoms with Crippen LogP contribution >= 0.6 is 0 Å². The fourth-order valence-corrected chi connectivity index (χ4v) is 5.33. The Morgan fingerprint density at radius 3 is 1.60 bits per heavy atom. The molecule has 0 atom stereocenters. The van der Waals surface area contributed by atoms with Crippen LogP contribution in [0.3, 0.4) is 0 Å². The van der Waals surface area contributed by atoms with Gasteiger partial charge < -0.3 is 18.9 Å². The van der Waals surface area contributed by atoms with Crippen molar-refractivity contribution in [1.82, 2.24) is 0 Å². The molecule has 0 radical (unpaired) electrons. The van der Waals surface area contributed by atoms with Gasteiger partial charge >= 0.3 is 0 Å². The van der Waals surface area contributed by atoms with Gasteiger partial charge in [0.1, 0.15) is 46.0 Å². The number of benzene rings is 6. The van der Waals surface area contributed by atoms with Gasteiger partial charge in [0.15, 0.2) is 0 Å². The van der Waals surface area contributed by atoms with Crippen LogP contribution in [0.15, 0.2) is 146 Å². The summed E-state index contributed by atoms with van der Waals surface area (Å²) >= 11 is 0. The number of para-hydroxylation sites is 3. The maximum Gasteiger partial charge on any atom is 0.260 e. The molecule has 0 aliphatic carbocycles. The Morgan fingerprint density at radius 2 is 0.929 bits per heavy atom. The molecule has 8 rings (SSSR count). The molecule has 0 fully saturated rings. The van der Waals surface area contributed by atoms with Gasteiger partial charge in [0.05, 0.1) is 0 Å². The first-order valence-electron chi connectivity index (χ1n) is 14.0. The molecule has 2 heterocycles. The van der Waals surface area contributed by atoms with Crippen LogP contribution < -0.4 is 35.3 Å². The SMILES string of the molecule is Cc1ccc2c(c1)Oc1cccc3c1B2c1ccccc1O3.c1ccc(Oc2cccc(Oc3ccccc3)c2)cc1. The van der Waals surface area contributed by atoms with Crippen molar-refractivity contribution in [2.24, 2.45) is 0 Å². The van der Waals surface area contributed by atoms with Gasteiger partial charge in [-0.05, 0) is 84.1 Å². The van der Waals surface area contributed by atoms with Crippen LogP contribution in [0.5, 0.6) is 46.0 Å². The highest BCUT2D eigenvalue weighted by molar-refractivity contribution is 6.98. The summed E-state index contributed by atoms with van der Waals surface area (Å²) in [4.78, 5) is 0. The van der Waals surface area contributed by atoms with Crippen molar-refractivity contribution < 1.29 is 18.9 Å². The molecule has 5 heteroatoms. The van der Waals surface area contributed by atoms with E-state index in [9.17, 15) is 0 Å². The standard InChI is InChI=1S/C19H13BO2.C18H14O2/c1-12-9-10-14-18(11-12)22-17-8-4-7-16-19(17)20(14)13-5-2-3-6-15(13)21-16;1-3-8-15(9-4-1)19-17-12-7-13-18(14-17)20-16-10-5-2-6-11-16/h2-11H,1H3;1-14H. The average Bonchev–Trinajstić information content (AvgIpc) is 3.02. The second-order valence-corrected chi connectivity index (χ2v) is 10.2. The lowest BCUT2D eigenvalue weighted by Crippen LogP contribution is -2.57. The van der Waals surface area contributed by atoms with E-state index in [1.807, 2.05) is 115 Å². The number of ether oxygens (including phenoxy) is 4. The van der Waals surface area contributed by atoms with Gasteiger partial charge in [-0.3, -0.25) is 0 Å². The molecule has 0 saturated carbocycles. The van der Waals surface area contributed by atoms with E-state index in [0.717, 1.165) is 51.5 Å². The van der Waals surface area contributed by atoms with E-state index in [-0.39, 0.29) is 6.71 Å². The van der Waals surface area contributed by atoms with Crippen LogP contribution in [0.25, 0.3) is 0 Å². The van der Waals surface area contributed by atoms with Crippen LogP contribution in [0.1, 0.15) is 5.56 Å². The fraction of sp³-hybridized carbons (Fsp3) is 0.0270. The van der Waals surface area contributed by atoms with Crippen LogP contribution in [0, 0.1) is 6.92 Å². The Labute approximate surface area is 245 Å². The summed E-state index contributed by atoms with van der Waals surface area (Å²) in [5.74, 6) is 6.81. The van der Waals surface area contributed by atoms with E-state index in [4.69, 9.17) is 18.9 Å². The Kier molecular flexibility index (Phi) is 6.83. The zero-order valence-electron chi connectivity index (χ0n) is 23.1. The summed E-state index contributed by atoms with van der Waals surface area (Å²) in [6.45, 7) is 2.27. The lowest BCUT2D eigenvalue weighted by Gasteiger charge is -2.32. The number of aryl methyl sites for hydroxylation is 1. The third-order valence-electron chi connectivity index (χ3n) is 7.23. The number of hydrogen-bond donors (Lipinski definition) is 0. The predicted octanol–water partition coefficient (Wildman–Crippen LogP) is 7.99. The molecule has 0 unspecified atom stereocenters. The van der Waals surface area contributed by atoms with Gasteiger partial charge in [-0.15, -0.1) is 0 Å². The molecule has 202 valence electrons. The maximum atomic E-state index is 6.14. The maximum absolute atomic E-state index is 6.14. The molecule has 2 aliphatic heterocycles. The highest BCUT2D eigenvalue weighted by atomic mass is 16.5. The van der Waals surface area contributed by atoms with Gasteiger partial charge in [0.2, 0.25) is 0 Å². The summed E-state index contributed by atoms with van der Waals surface area (Å²) in [7, 11) is 0. The molecule has 0 saturated heterocycles. The minimum Gasteiger partial charge on any atom is -0.458 e. The second kappa shape index (κ2) is 11.2. The zero-order valence-corrected chi connectivity index (χ0v) is 23.1. The third kappa shape index (κ3) is 5.20. The Balaban J connectivity index is 0.000000138. The van der Waals surface area contributed by atoms with E-state index in [1.165, 1.54) is 16.5 Å². The zero-order chi connectivity index (χ0) is 28.3. The highest BCUT2D eigenvalue weighted by Crippen LogP contribution is 2.34. The molecule has 0 aromatic heterocycles. The van der Waals surface area contributed by atoms with Crippen molar-refractivity contribution in [3.8, 4) is 46.0 Å². The number of hydrogen-bond acceptors (Lipinski definition) is 4. The predicted molar refractivity (Wildman–Crippen MR) is 168 cm³/mol. The van der Waals surface area contributed by atoms with Gasteiger partial charge in [-0.2, -0.15) is 0 Å². The van der Waals surface area contributed by atoms with Crippen molar-refractivity contribution in [2.45, 2.75) is 6.92 Å². The minimum atomic E-state index is 0.181. The summed E-state index contributed by atoms with van der Waals surface area (Å²) in [5, 5.41) is 0. The lowest BCUT2D eigenvalue weighted by atomic mass is 9.35. The fourth-order valence-electron chi connectivity index (χ4n) is 5.33. The molecule has 6 aromatic carbocycles. The van der Waals surface area contributed by atoms with Crippen LogP contribution in [0.2, 0.25) is 0 Å². The van der Waals surface area contributed by atoms with Gasteiger partial charge in [-0.1, -0.05) is 78.9 Å². The van der Waals surface area contributed by atoms with Gasteiger partial charge in [-0.25, -0.2) is 0 Å². The van der Waals surface area contributed by atoms with E-state index in [0.29, 0.717) is 0 Å². The first kappa shape index (κ1) is 25.5. The highest BCUT2D eigenvalue weighted by Gasteiger charge is 2.39. The van der Waals surface area contributed by atoms with E-state index in [1.54, 1.807) is 0 Å². The number of fused-ring (bicyclic) bond motifs is 4. The monoisotopic (exact) mass is 546 g/mol. The first-order chi connectivity index (χ1) is 20.7. The smallest absolute Gasteiger partial charge is 0.260 e. The van der Waals surface area contributed by atoms with Crippen molar-refractivity contribution >= 4 is 23.1 Å². The quantitative estimate of drug-likeness (QED) is 0.210. The Bertz CT molecular complexity index is 1800. The largest absolute Gasteiger partial charge is 0.458 e. The summed E-state index contributed by atoms with van der Waals surface area (Å²) in [6.07, 6.45) is 0. The molecule has 2 aliphatic rings. The molecule has 0 spiro atoms. The summed E-state index contributed by atoms with van der Waals surface area (Å²) in [5.41, 5.74) is 4.76. The minimum absolute atomic E-state index is 0.181.